The molecule has 7 amide bonds. The number of carbonyl (C=O) groups excluding carboxylic acids is 8. The molecular formula is C60H77FN9O13PS. The summed E-state index contributed by atoms with van der Waals surface area (Å²) in [6, 6.07) is 12.3. The van der Waals surface area contributed by atoms with Gasteiger partial charge in [0.2, 0.25) is 35.4 Å². The third kappa shape index (κ3) is 17.0. The Morgan fingerprint density at radius 1 is 0.894 bits per heavy atom. The Morgan fingerprint density at radius 3 is 2.27 bits per heavy atom. The van der Waals surface area contributed by atoms with E-state index in [4.69, 9.17) is 10.5 Å². The number of hydrogen-bond donors (Lipinski definition) is 9. The molecule has 0 unspecified atom stereocenters. The van der Waals surface area contributed by atoms with Gasteiger partial charge in [-0.25, -0.2) is 9.37 Å². The van der Waals surface area contributed by atoms with E-state index in [1.807, 2.05) is 52.0 Å². The molecule has 0 spiro atoms. The molecule has 25 heteroatoms. The van der Waals surface area contributed by atoms with Crippen LogP contribution in [-0.4, -0.2) is 138 Å². The first-order valence-electron chi connectivity index (χ1n) is 28.5. The minimum atomic E-state index is -5.06. The Bertz CT molecular complexity index is 3320. The largest absolute Gasteiger partial charge is 0.488 e. The van der Waals surface area contributed by atoms with Crippen LogP contribution in [0.3, 0.4) is 0 Å². The molecule has 85 heavy (non-hydrogen) atoms. The van der Waals surface area contributed by atoms with Gasteiger partial charge in [0.05, 0.1) is 34.3 Å². The van der Waals surface area contributed by atoms with Gasteiger partial charge in [-0.15, -0.1) is 11.3 Å². The minimum Gasteiger partial charge on any atom is -0.488 e. The summed E-state index contributed by atoms with van der Waals surface area (Å²) in [6.07, 6.45) is 0.832. The molecule has 0 radical (unpaired) electrons. The van der Waals surface area contributed by atoms with Crippen LogP contribution in [0.5, 0.6) is 5.75 Å². The van der Waals surface area contributed by atoms with Gasteiger partial charge in [0.25, 0.3) is 11.4 Å². The summed E-state index contributed by atoms with van der Waals surface area (Å²) < 4.78 is 33.6. The highest BCUT2D eigenvalue weighted by Gasteiger charge is 2.45. The highest BCUT2D eigenvalue weighted by Crippen LogP contribution is 2.40. The van der Waals surface area contributed by atoms with Crippen LogP contribution in [0.15, 0.2) is 72.2 Å². The number of nitrogens with one attached hydrogen (secondary N) is 5. The van der Waals surface area contributed by atoms with Crippen molar-refractivity contribution in [3.63, 3.8) is 0 Å². The number of benzene rings is 3. The third-order valence-electron chi connectivity index (χ3n) is 15.3. The Morgan fingerprint density at radius 2 is 1.61 bits per heavy atom. The molecule has 2 aromatic heterocycles. The van der Waals surface area contributed by atoms with Gasteiger partial charge in [-0.05, 0) is 117 Å². The molecule has 2 aliphatic heterocycles. The second kappa shape index (κ2) is 28.2. The number of unbranched alkanes of at least 4 members (excludes halogenated alkanes) is 1. The van der Waals surface area contributed by atoms with Crippen molar-refractivity contribution in [3.8, 4) is 16.2 Å². The molecule has 2 fully saturated rings. The molecule has 7 rings (SSSR count). The van der Waals surface area contributed by atoms with Crippen LogP contribution in [0.25, 0.3) is 21.3 Å². The van der Waals surface area contributed by atoms with Crippen molar-refractivity contribution in [1.82, 2.24) is 41.0 Å². The van der Waals surface area contributed by atoms with Crippen LogP contribution < -0.4 is 31.7 Å². The highest BCUT2D eigenvalue weighted by atomic mass is 32.1. The van der Waals surface area contributed by atoms with Gasteiger partial charge in [-0.3, -0.25) is 42.9 Å². The van der Waals surface area contributed by atoms with Crippen molar-refractivity contribution in [3.05, 3.63) is 106 Å². The van der Waals surface area contributed by atoms with Crippen molar-refractivity contribution in [2.24, 2.45) is 17.1 Å². The molecule has 7 atom stereocenters. The molecule has 0 aliphatic carbocycles. The van der Waals surface area contributed by atoms with Gasteiger partial charge in [0.1, 0.15) is 36.5 Å². The average molecular weight is 1210 g/mol. The molecular weight excluding hydrogens is 1140 g/mol. The fourth-order valence-corrected chi connectivity index (χ4v) is 12.0. The van der Waals surface area contributed by atoms with E-state index in [9.17, 15) is 57.8 Å². The van der Waals surface area contributed by atoms with Crippen LogP contribution in [0.4, 0.5) is 4.39 Å². The van der Waals surface area contributed by atoms with Gasteiger partial charge >= 0.3 is 7.60 Å². The number of aromatic amines is 1. The molecule has 0 bridgehead atoms. The Balaban J connectivity index is 0.912. The fraction of sp³-hybridized carbons (Fsp3) is 0.483. The normalized spacial score (nSPS) is 17.7. The number of aryl methyl sites for hydroxylation is 2. The SMILES string of the molecule is Cc1ncsc1-c1ccc([C@H](C)NC(=O)[C@@H]2C[C@@H](O)CN2C(=O)[C@@H](NC(=O)CCCCc2cccc(OC[C@H](CCC(N)=O)NC(=O)[C@@H]3CCCN3C(=O)[C@H](CC(C)C)NC(=O)c3cc4cc(C(=O)P(=O)(O)O)ccc4[nH]3)c2F)C(C)(C)C)cc1. The van der Waals surface area contributed by atoms with E-state index >= 15 is 4.39 Å². The number of β-amino-alcohol motifs (C(OH)–C–C–N with tert-alkyl or cyclic N) is 1. The summed E-state index contributed by atoms with van der Waals surface area (Å²) in [6.45, 7) is 12.7. The van der Waals surface area contributed by atoms with Crippen LogP contribution in [0.1, 0.15) is 143 Å². The van der Waals surface area contributed by atoms with Gasteiger partial charge in [0, 0.05) is 48.8 Å². The maximum absolute atomic E-state index is 16.1. The van der Waals surface area contributed by atoms with Crippen molar-refractivity contribution < 1.29 is 66.9 Å². The zero-order valence-corrected chi connectivity index (χ0v) is 50.5. The number of likely N-dealkylation sites (tertiary alicyclic amines) is 2. The Kier molecular flexibility index (Phi) is 21.6. The number of halogens is 1. The van der Waals surface area contributed by atoms with E-state index in [1.165, 1.54) is 40.1 Å². The molecule has 2 saturated heterocycles. The standard InChI is InChI=1S/C60H77FN9O13PS/c1-33(2)26-45(67-54(74)44-28-40-27-39(21-23-43(40)66-44)59(79)84(80,81)82)57(77)69-25-11-14-46(69)55(75)65-41(22-24-49(62)72)31-83-48-15-10-13-37(51(48)61)12-8-9-16-50(73)68-53(60(5,6)7)58(78)70-30-42(71)29-47(70)56(76)64-34(3)36-17-19-38(20-18-36)52-35(4)63-32-85-52/h10,13,15,17-21,23,27-28,32-34,41-42,45-47,53,66,71H,8-9,11-12,14,16,22,24-26,29-31H2,1-7H3,(H2,62,72)(H,64,76)(H,65,75)(H,67,74)(H,68,73)(H2,80,81,82)/t34-,41-,42+,45-,46-,47-,53+/m0/s1. The highest BCUT2D eigenvalue weighted by molar-refractivity contribution is 7.70. The van der Waals surface area contributed by atoms with Crippen molar-refractivity contribution in [1.29, 1.82) is 0 Å². The third-order valence-corrected chi connectivity index (χ3v) is 17.0. The summed E-state index contributed by atoms with van der Waals surface area (Å²) >= 11 is 1.54. The maximum Gasteiger partial charge on any atom is 0.396 e. The lowest BCUT2D eigenvalue weighted by Crippen LogP contribution is -2.57. The molecule has 0 saturated carbocycles. The van der Waals surface area contributed by atoms with Gasteiger partial charge < -0.3 is 61.4 Å². The van der Waals surface area contributed by atoms with E-state index in [-0.39, 0.29) is 87.6 Å². The van der Waals surface area contributed by atoms with Gasteiger partial charge in [-0.2, -0.15) is 0 Å². The predicted octanol–water partition coefficient (Wildman–Crippen LogP) is 6.10. The number of primary amides is 1. The number of hydrogen-bond acceptors (Lipinski definition) is 13. The Labute approximate surface area is 496 Å². The average Bonchev–Trinajstić information content (AvgIpc) is 4.51. The number of ether oxygens (including phenoxy) is 1. The number of aromatic nitrogens is 2. The zero-order valence-electron chi connectivity index (χ0n) is 48.8. The number of nitrogens with zero attached hydrogens (tertiary/aromatic N) is 3. The number of carbonyl (C=O) groups is 8. The molecule has 22 nitrogen and oxygen atoms in total. The quantitative estimate of drug-likeness (QED) is 0.0223. The number of nitrogens with two attached hydrogens (primary N) is 1. The molecule has 4 heterocycles. The summed E-state index contributed by atoms with van der Waals surface area (Å²) in [5.41, 5.74) is 8.38. The second-order valence-corrected chi connectivity index (χ2v) is 25.9. The van der Waals surface area contributed by atoms with Crippen molar-refractivity contribution in [2.75, 3.05) is 19.7 Å². The number of aliphatic hydroxyl groups excluding tert-OH is 1. The van der Waals surface area contributed by atoms with Crippen molar-refractivity contribution >= 4 is 76.7 Å². The van der Waals surface area contributed by atoms with Gasteiger partial charge in [0.15, 0.2) is 11.6 Å². The predicted molar refractivity (Wildman–Crippen MR) is 316 cm³/mol. The maximum atomic E-state index is 16.1. The first kappa shape index (κ1) is 65.2. The van der Waals surface area contributed by atoms with Crippen molar-refractivity contribution in [2.45, 2.75) is 155 Å². The monoisotopic (exact) mass is 1210 g/mol. The summed E-state index contributed by atoms with van der Waals surface area (Å²) in [5, 5.41) is 22.6. The van der Waals surface area contributed by atoms with E-state index in [0.29, 0.717) is 35.7 Å². The lowest BCUT2D eigenvalue weighted by Gasteiger charge is -2.35. The minimum absolute atomic E-state index is 0.00529. The molecule has 3 aromatic carbocycles. The molecule has 458 valence electrons. The van der Waals surface area contributed by atoms with Crippen LogP contribution in [-0.2, 0) is 39.8 Å². The van der Waals surface area contributed by atoms with E-state index in [1.54, 1.807) is 49.8 Å². The number of H-pyrrole nitrogens is 1. The first-order chi connectivity index (χ1) is 40.1. The van der Waals surface area contributed by atoms with E-state index in [2.05, 4.69) is 31.2 Å². The topological polar surface area (TPSA) is 333 Å². The number of fused-ring (bicyclic) bond motifs is 1. The smallest absolute Gasteiger partial charge is 0.396 e. The molecule has 2 aliphatic rings. The fourth-order valence-electron chi connectivity index (χ4n) is 10.7. The molecule has 5 aromatic rings. The van der Waals surface area contributed by atoms with Crippen LogP contribution >= 0.6 is 18.9 Å². The summed E-state index contributed by atoms with van der Waals surface area (Å²) in [5.74, 6) is -4.60. The number of aliphatic hydroxyl groups is 1. The second-order valence-electron chi connectivity index (χ2n) is 23.5. The molecule has 10 N–H and O–H groups in total. The van der Waals surface area contributed by atoms with Crippen LogP contribution in [0.2, 0.25) is 0 Å². The van der Waals surface area contributed by atoms with E-state index < -0.39 is 108 Å². The first-order valence-corrected chi connectivity index (χ1v) is 31.0. The summed E-state index contributed by atoms with van der Waals surface area (Å²) in [4.78, 5) is 137. The summed E-state index contributed by atoms with van der Waals surface area (Å²) in [7, 11) is -5.06. The van der Waals surface area contributed by atoms with Crippen LogP contribution in [0, 0.1) is 24.1 Å². The zero-order chi connectivity index (χ0) is 62.1. The number of amides is 7. The number of thiazole rings is 1. The van der Waals surface area contributed by atoms with Gasteiger partial charge in [-0.1, -0.05) is 71.0 Å². The number of rotatable bonds is 26. The lowest BCUT2D eigenvalue weighted by molar-refractivity contribution is -0.144. The van der Waals surface area contributed by atoms with E-state index in [0.717, 1.165) is 21.7 Å². The Hall–Kier alpha value is -7.37. The lowest BCUT2D eigenvalue weighted by atomic mass is 9.85.